The Balaban J connectivity index is 1.33. The lowest BCUT2D eigenvalue weighted by molar-refractivity contribution is -0.123. The van der Waals surface area contributed by atoms with E-state index in [9.17, 15) is 9.59 Å². The van der Waals surface area contributed by atoms with Gasteiger partial charge in [0.05, 0.1) is 5.56 Å². The Morgan fingerprint density at radius 2 is 1.60 bits per heavy atom. The van der Waals surface area contributed by atoms with Gasteiger partial charge >= 0.3 is 5.97 Å². The van der Waals surface area contributed by atoms with Crippen LogP contribution in [0.5, 0.6) is 23.0 Å². The predicted octanol–water partition coefficient (Wildman–Crippen LogP) is 4.39. The van der Waals surface area contributed by atoms with Gasteiger partial charge in [-0.1, -0.05) is 18.2 Å². The zero-order chi connectivity index (χ0) is 20.9. The maximum Gasteiger partial charge on any atom is 0.338 e. The summed E-state index contributed by atoms with van der Waals surface area (Å²) < 4.78 is 21.5. The fourth-order valence-corrected chi connectivity index (χ4v) is 2.78. The number of esters is 1. The van der Waals surface area contributed by atoms with E-state index >= 15 is 0 Å². The van der Waals surface area contributed by atoms with Crippen LogP contribution >= 0.6 is 0 Å². The van der Waals surface area contributed by atoms with Crippen LogP contribution in [-0.4, -0.2) is 24.8 Å². The average Bonchev–Trinajstić information content (AvgIpc) is 3.23. The van der Waals surface area contributed by atoms with Crippen molar-refractivity contribution >= 4 is 17.6 Å². The molecule has 0 aliphatic carbocycles. The summed E-state index contributed by atoms with van der Waals surface area (Å²) in [7, 11) is 0. The van der Waals surface area contributed by atoms with Crippen molar-refractivity contribution in [3.05, 3.63) is 78.4 Å². The van der Waals surface area contributed by atoms with E-state index in [2.05, 4.69) is 5.32 Å². The molecule has 1 amide bonds. The third kappa shape index (κ3) is 4.52. The van der Waals surface area contributed by atoms with E-state index < -0.39 is 18.0 Å². The number of carbonyl (C=O) groups is 2. The van der Waals surface area contributed by atoms with Crippen LogP contribution in [0.4, 0.5) is 5.69 Å². The maximum absolute atomic E-state index is 12.4. The van der Waals surface area contributed by atoms with Crippen molar-refractivity contribution in [1.29, 1.82) is 0 Å². The molecule has 4 rings (SSSR count). The van der Waals surface area contributed by atoms with Crippen LogP contribution in [0.2, 0.25) is 0 Å². The standard InChI is InChI=1S/C23H19NO6/c1-15(22(25)24-17-9-12-20-21(13-17)28-14-27-20)29-23(26)16-7-10-19(11-8-16)30-18-5-3-2-4-6-18/h2-13,15H,14H2,1H3,(H,24,25)/t15-/m1/s1. The Morgan fingerprint density at radius 1 is 0.900 bits per heavy atom. The number of anilines is 1. The fraction of sp³-hybridized carbons (Fsp3) is 0.130. The first-order valence-corrected chi connectivity index (χ1v) is 9.33. The van der Waals surface area contributed by atoms with Crippen LogP contribution in [0.15, 0.2) is 72.8 Å². The topological polar surface area (TPSA) is 83.1 Å². The van der Waals surface area contributed by atoms with Gasteiger partial charge in [0.25, 0.3) is 5.91 Å². The molecule has 0 fully saturated rings. The molecule has 1 aliphatic rings. The first-order valence-electron chi connectivity index (χ1n) is 9.33. The van der Waals surface area contributed by atoms with Gasteiger partial charge < -0.3 is 24.3 Å². The molecule has 3 aromatic carbocycles. The Bertz CT molecular complexity index is 1050. The van der Waals surface area contributed by atoms with Crippen LogP contribution in [0.25, 0.3) is 0 Å². The number of benzene rings is 3. The van der Waals surface area contributed by atoms with Gasteiger partial charge in [-0.15, -0.1) is 0 Å². The predicted molar refractivity (Wildman–Crippen MR) is 109 cm³/mol. The van der Waals surface area contributed by atoms with Gasteiger partial charge in [-0.05, 0) is 55.5 Å². The molecule has 0 saturated heterocycles. The summed E-state index contributed by atoms with van der Waals surface area (Å²) in [5.41, 5.74) is 0.840. The number of rotatable bonds is 6. The molecule has 30 heavy (non-hydrogen) atoms. The Morgan fingerprint density at radius 3 is 2.37 bits per heavy atom. The second-order valence-electron chi connectivity index (χ2n) is 6.54. The van der Waals surface area contributed by atoms with Crippen LogP contribution in [0.3, 0.4) is 0 Å². The number of amides is 1. The van der Waals surface area contributed by atoms with Gasteiger partial charge in [0.15, 0.2) is 17.6 Å². The lowest BCUT2D eigenvalue weighted by atomic mass is 10.2. The number of nitrogens with one attached hydrogen (secondary N) is 1. The van der Waals surface area contributed by atoms with Crippen molar-refractivity contribution in [2.75, 3.05) is 12.1 Å². The summed E-state index contributed by atoms with van der Waals surface area (Å²) in [6.45, 7) is 1.66. The van der Waals surface area contributed by atoms with Gasteiger partial charge in [0.2, 0.25) is 6.79 Å². The molecular weight excluding hydrogens is 386 g/mol. The van der Waals surface area contributed by atoms with E-state index in [1.165, 1.54) is 6.92 Å². The van der Waals surface area contributed by atoms with Gasteiger partial charge in [-0.3, -0.25) is 4.79 Å². The minimum Gasteiger partial charge on any atom is -0.457 e. The number of hydrogen-bond donors (Lipinski definition) is 1. The molecule has 7 heteroatoms. The third-order valence-corrected chi connectivity index (χ3v) is 4.36. The van der Waals surface area contributed by atoms with Crippen LogP contribution in [-0.2, 0) is 9.53 Å². The van der Waals surface area contributed by atoms with Crippen molar-refractivity contribution in [3.8, 4) is 23.0 Å². The van der Waals surface area contributed by atoms with Crippen LogP contribution in [0, 0.1) is 0 Å². The van der Waals surface area contributed by atoms with E-state index in [-0.39, 0.29) is 6.79 Å². The minimum atomic E-state index is -0.983. The molecule has 0 saturated carbocycles. The van der Waals surface area contributed by atoms with E-state index in [0.29, 0.717) is 34.2 Å². The number of carbonyl (C=O) groups excluding carboxylic acids is 2. The van der Waals surface area contributed by atoms with Crippen molar-refractivity contribution in [1.82, 2.24) is 0 Å². The second-order valence-corrected chi connectivity index (χ2v) is 6.54. The Kier molecular flexibility index (Phi) is 5.52. The highest BCUT2D eigenvalue weighted by atomic mass is 16.7. The zero-order valence-electron chi connectivity index (χ0n) is 16.2. The van der Waals surface area contributed by atoms with Gasteiger partial charge in [-0.2, -0.15) is 0 Å². The molecule has 1 N–H and O–H groups in total. The number of hydrogen-bond acceptors (Lipinski definition) is 6. The van der Waals surface area contributed by atoms with E-state index in [0.717, 1.165) is 0 Å². The average molecular weight is 405 g/mol. The molecule has 152 valence electrons. The Hall–Kier alpha value is -4.00. The molecule has 1 atom stereocenters. The fourth-order valence-electron chi connectivity index (χ4n) is 2.78. The Labute approximate surface area is 173 Å². The molecule has 0 unspecified atom stereocenters. The SMILES string of the molecule is C[C@@H](OC(=O)c1ccc(Oc2ccccc2)cc1)C(=O)Nc1ccc2c(c1)OCO2. The van der Waals surface area contributed by atoms with Gasteiger partial charge in [-0.25, -0.2) is 4.79 Å². The lowest BCUT2D eigenvalue weighted by Gasteiger charge is -2.14. The summed E-state index contributed by atoms with van der Waals surface area (Å²) >= 11 is 0. The largest absolute Gasteiger partial charge is 0.457 e. The molecule has 0 aromatic heterocycles. The lowest BCUT2D eigenvalue weighted by Crippen LogP contribution is -2.30. The normalized spacial score (nSPS) is 12.7. The maximum atomic E-state index is 12.4. The molecular formula is C23H19NO6. The quantitative estimate of drug-likeness (QED) is 0.613. The number of fused-ring (bicyclic) bond motifs is 1. The van der Waals surface area contributed by atoms with Crippen molar-refractivity contribution in [2.45, 2.75) is 13.0 Å². The molecule has 1 aliphatic heterocycles. The number of ether oxygens (including phenoxy) is 4. The smallest absolute Gasteiger partial charge is 0.338 e. The summed E-state index contributed by atoms with van der Waals surface area (Å²) in [6.07, 6.45) is -0.983. The van der Waals surface area contributed by atoms with Crippen LogP contribution in [0.1, 0.15) is 17.3 Å². The monoisotopic (exact) mass is 405 g/mol. The zero-order valence-corrected chi connectivity index (χ0v) is 16.2. The molecule has 0 spiro atoms. The number of para-hydroxylation sites is 1. The molecule has 7 nitrogen and oxygen atoms in total. The first kappa shape index (κ1) is 19.3. The highest BCUT2D eigenvalue weighted by molar-refractivity contribution is 5.97. The highest BCUT2D eigenvalue weighted by Crippen LogP contribution is 2.34. The molecule has 0 bridgehead atoms. The van der Waals surface area contributed by atoms with Crippen molar-refractivity contribution in [3.63, 3.8) is 0 Å². The minimum absolute atomic E-state index is 0.149. The molecule has 1 heterocycles. The molecule has 3 aromatic rings. The third-order valence-electron chi connectivity index (χ3n) is 4.36. The van der Waals surface area contributed by atoms with E-state index in [1.54, 1.807) is 42.5 Å². The first-order chi connectivity index (χ1) is 14.6. The van der Waals surface area contributed by atoms with E-state index in [4.69, 9.17) is 18.9 Å². The summed E-state index contributed by atoms with van der Waals surface area (Å²) in [5, 5.41) is 2.69. The molecule has 0 radical (unpaired) electrons. The van der Waals surface area contributed by atoms with Gasteiger partial charge in [0.1, 0.15) is 11.5 Å². The van der Waals surface area contributed by atoms with Crippen LogP contribution < -0.4 is 19.5 Å². The van der Waals surface area contributed by atoms with Crippen molar-refractivity contribution < 1.29 is 28.5 Å². The summed E-state index contributed by atoms with van der Waals surface area (Å²) in [4.78, 5) is 24.7. The highest BCUT2D eigenvalue weighted by Gasteiger charge is 2.20. The van der Waals surface area contributed by atoms with Gasteiger partial charge in [0, 0.05) is 11.8 Å². The summed E-state index contributed by atoms with van der Waals surface area (Å²) in [6, 6.07) is 20.9. The van der Waals surface area contributed by atoms with Crippen molar-refractivity contribution in [2.24, 2.45) is 0 Å². The summed E-state index contributed by atoms with van der Waals surface area (Å²) in [5.74, 6) is 1.40. The second kappa shape index (κ2) is 8.57. The van der Waals surface area contributed by atoms with E-state index in [1.807, 2.05) is 30.3 Å².